The maximum Gasteiger partial charge on any atom is 0.311 e. The normalized spacial score (nSPS) is 15.9. The van der Waals surface area contributed by atoms with Crippen molar-refractivity contribution in [3.05, 3.63) is 34.9 Å². The smallest absolute Gasteiger partial charge is 0.311 e. The van der Waals surface area contributed by atoms with Gasteiger partial charge in [-0.1, -0.05) is 11.6 Å². The predicted octanol–water partition coefficient (Wildman–Crippen LogP) is 1.85. The highest BCUT2D eigenvalue weighted by Gasteiger charge is 2.40. The molecule has 7 nitrogen and oxygen atoms in total. The number of carbonyl (C=O) groups is 3. The van der Waals surface area contributed by atoms with Crippen LogP contribution in [0.5, 0.6) is 0 Å². The Balaban J connectivity index is 1.67. The van der Waals surface area contributed by atoms with E-state index in [1.54, 1.807) is 24.3 Å². The summed E-state index contributed by atoms with van der Waals surface area (Å²) in [6.45, 7) is 1.23. The van der Waals surface area contributed by atoms with E-state index in [1.165, 1.54) is 0 Å². The molecule has 0 aromatic heterocycles. The van der Waals surface area contributed by atoms with Gasteiger partial charge in [0.05, 0.1) is 5.41 Å². The van der Waals surface area contributed by atoms with Gasteiger partial charge >= 0.3 is 5.97 Å². The van der Waals surface area contributed by atoms with E-state index < -0.39 is 11.4 Å². The van der Waals surface area contributed by atoms with Crippen molar-refractivity contribution in [3.8, 4) is 0 Å². The van der Waals surface area contributed by atoms with Crippen LogP contribution in [-0.4, -0.2) is 49.2 Å². The van der Waals surface area contributed by atoms with Crippen LogP contribution >= 0.6 is 11.6 Å². The number of amides is 2. The van der Waals surface area contributed by atoms with Gasteiger partial charge in [0.25, 0.3) is 5.91 Å². The van der Waals surface area contributed by atoms with Crippen LogP contribution in [0, 0.1) is 5.41 Å². The SMILES string of the molecule is O=C(CCCNC(=O)c1ccc(Cl)cc1)NCC1(C(=O)O)CCOCC1. The Hall–Kier alpha value is -2.12. The molecular formula is C18H23ClN2O5. The maximum absolute atomic E-state index is 11.9. The highest BCUT2D eigenvalue weighted by Crippen LogP contribution is 2.30. The van der Waals surface area contributed by atoms with Gasteiger partial charge in [-0.2, -0.15) is 0 Å². The molecule has 1 heterocycles. The van der Waals surface area contributed by atoms with Gasteiger partial charge in [0.1, 0.15) is 0 Å². The first-order valence-corrected chi connectivity index (χ1v) is 8.92. The monoisotopic (exact) mass is 382 g/mol. The fraction of sp³-hybridized carbons (Fsp3) is 0.500. The Morgan fingerprint density at radius 2 is 1.77 bits per heavy atom. The van der Waals surface area contributed by atoms with Crippen molar-refractivity contribution >= 4 is 29.4 Å². The first-order chi connectivity index (χ1) is 12.4. The molecule has 0 saturated carbocycles. The van der Waals surface area contributed by atoms with Crippen molar-refractivity contribution in [2.75, 3.05) is 26.3 Å². The summed E-state index contributed by atoms with van der Waals surface area (Å²) in [7, 11) is 0. The summed E-state index contributed by atoms with van der Waals surface area (Å²) in [5, 5.41) is 15.4. The van der Waals surface area contributed by atoms with Gasteiger partial charge < -0.3 is 20.5 Å². The summed E-state index contributed by atoms with van der Waals surface area (Å²) < 4.78 is 5.20. The molecule has 1 aromatic rings. The van der Waals surface area contributed by atoms with Gasteiger partial charge in [-0.25, -0.2) is 0 Å². The molecule has 142 valence electrons. The number of hydrogen-bond donors (Lipinski definition) is 3. The highest BCUT2D eigenvalue weighted by atomic mass is 35.5. The van der Waals surface area contributed by atoms with Crippen LogP contribution in [0.1, 0.15) is 36.0 Å². The zero-order valence-corrected chi connectivity index (χ0v) is 15.2. The largest absolute Gasteiger partial charge is 0.481 e. The van der Waals surface area contributed by atoms with Crippen molar-refractivity contribution in [2.45, 2.75) is 25.7 Å². The van der Waals surface area contributed by atoms with Crippen LogP contribution < -0.4 is 10.6 Å². The molecule has 1 fully saturated rings. The lowest BCUT2D eigenvalue weighted by molar-refractivity contribution is -0.154. The van der Waals surface area contributed by atoms with Crippen molar-refractivity contribution < 1.29 is 24.2 Å². The predicted molar refractivity (Wildman–Crippen MR) is 96.2 cm³/mol. The highest BCUT2D eigenvalue weighted by molar-refractivity contribution is 6.30. The number of carboxylic acid groups (broad SMARTS) is 1. The van der Waals surface area contributed by atoms with Gasteiger partial charge in [0.15, 0.2) is 0 Å². The Bertz CT molecular complexity index is 641. The van der Waals surface area contributed by atoms with Crippen LogP contribution in [-0.2, 0) is 14.3 Å². The molecule has 1 aliphatic rings. The lowest BCUT2D eigenvalue weighted by atomic mass is 9.80. The fourth-order valence-corrected chi connectivity index (χ4v) is 2.86. The number of benzene rings is 1. The average molecular weight is 383 g/mol. The molecule has 26 heavy (non-hydrogen) atoms. The number of hydrogen-bond acceptors (Lipinski definition) is 4. The Kier molecular flexibility index (Phi) is 7.41. The van der Waals surface area contributed by atoms with E-state index in [0.717, 1.165) is 0 Å². The van der Waals surface area contributed by atoms with Gasteiger partial charge in [0, 0.05) is 43.3 Å². The van der Waals surface area contributed by atoms with Gasteiger partial charge in [-0.15, -0.1) is 0 Å². The minimum Gasteiger partial charge on any atom is -0.481 e. The maximum atomic E-state index is 11.9. The molecule has 0 bridgehead atoms. The second-order valence-corrected chi connectivity index (χ2v) is 6.78. The number of carboxylic acids is 1. The van der Waals surface area contributed by atoms with E-state index in [0.29, 0.717) is 49.6 Å². The van der Waals surface area contributed by atoms with Gasteiger partial charge in [-0.05, 0) is 43.5 Å². The number of nitrogens with one attached hydrogen (secondary N) is 2. The van der Waals surface area contributed by atoms with Crippen LogP contribution in [0.2, 0.25) is 5.02 Å². The molecule has 0 spiro atoms. The summed E-state index contributed by atoms with van der Waals surface area (Å²) >= 11 is 5.77. The number of ether oxygens (including phenoxy) is 1. The third-order valence-corrected chi connectivity index (χ3v) is 4.75. The molecule has 8 heteroatoms. The second kappa shape index (κ2) is 9.54. The summed E-state index contributed by atoms with van der Waals surface area (Å²) in [5.74, 6) is -1.36. The molecular weight excluding hydrogens is 360 g/mol. The number of rotatable bonds is 8. The molecule has 3 N–H and O–H groups in total. The summed E-state index contributed by atoms with van der Waals surface area (Å²) in [6, 6.07) is 6.53. The fourth-order valence-electron chi connectivity index (χ4n) is 2.74. The van der Waals surface area contributed by atoms with Crippen molar-refractivity contribution in [3.63, 3.8) is 0 Å². The summed E-state index contributed by atoms with van der Waals surface area (Å²) in [5.41, 5.74) is -0.446. The number of halogens is 1. The Morgan fingerprint density at radius 1 is 1.12 bits per heavy atom. The molecule has 2 rings (SSSR count). The molecule has 0 radical (unpaired) electrons. The second-order valence-electron chi connectivity index (χ2n) is 6.34. The van der Waals surface area contributed by atoms with Crippen LogP contribution in [0.15, 0.2) is 24.3 Å². The van der Waals surface area contributed by atoms with Gasteiger partial charge in [0.2, 0.25) is 5.91 Å². The molecule has 2 amide bonds. The lowest BCUT2D eigenvalue weighted by Gasteiger charge is -2.33. The molecule has 1 saturated heterocycles. The Labute approximate surface area is 157 Å². The number of aliphatic carboxylic acids is 1. The molecule has 0 aliphatic carbocycles. The van der Waals surface area contributed by atoms with Crippen LogP contribution in [0.3, 0.4) is 0 Å². The van der Waals surface area contributed by atoms with E-state index >= 15 is 0 Å². The van der Waals surface area contributed by atoms with E-state index in [9.17, 15) is 19.5 Å². The standard InChI is InChI=1S/C18H23ClN2O5/c19-14-5-3-13(4-6-14)16(23)20-9-1-2-15(22)21-12-18(17(24)25)7-10-26-11-8-18/h3-6H,1-2,7-12H2,(H,20,23)(H,21,22)(H,24,25). The molecule has 0 unspecified atom stereocenters. The van der Waals surface area contributed by atoms with E-state index in [4.69, 9.17) is 16.3 Å². The van der Waals surface area contributed by atoms with E-state index in [1.807, 2.05) is 0 Å². The average Bonchev–Trinajstić information content (AvgIpc) is 2.64. The van der Waals surface area contributed by atoms with Crippen molar-refractivity contribution in [1.29, 1.82) is 0 Å². The number of carbonyl (C=O) groups excluding carboxylic acids is 2. The first-order valence-electron chi connectivity index (χ1n) is 8.54. The zero-order chi connectivity index (χ0) is 19.0. The van der Waals surface area contributed by atoms with Gasteiger partial charge in [-0.3, -0.25) is 14.4 Å². The Morgan fingerprint density at radius 3 is 2.38 bits per heavy atom. The summed E-state index contributed by atoms with van der Waals surface area (Å²) in [4.78, 5) is 35.4. The molecule has 1 aliphatic heterocycles. The minimum atomic E-state index is -0.948. The van der Waals surface area contributed by atoms with Crippen LogP contribution in [0.25, 0.3) is 0 Å². The minimum absolute atomic E-state index is 0.0989. The third-order valence-electron chi connectivity index (χ3n) is 4.50. The third kappa shape index (κ3) is 5.71. The molecule has 0 atom stereocenters. The van der Waals surface area contributed by atoms with Crippen LogP contribution in [0.4, 0.5) is 0 Å². The first kappa shape index (κ1) is 20.2. The van der Waals surface area contributed by atoms with Crippen molar-refractivity contribution in [2.24, 2.45) is 5.41 Å². The molecule has 1 aromatic carbocycles. The summed E-state index contributed by atoms with van der Waals surface area (Å²) in [6.07, 6.45) is 1.46. The quantitative estimate of drug-likeness (QED) is 0.595. The zero-order valence-electron chi connectivity index (χ0n) is 14.4. The lowest BCUT2D eigenvalue weighted by Crippen LogP contribution is -2.46. The van der Waals surface area contributed by atoms with Crippen molar-refractivity contribution in [1.82, 2.24) is 10.6 Å². The topological polar surface area (TPSA) is 105 Å². The van der Waals surface area contributed by atoms with E-state index in [2.05, 4.69) is 10.6 Å². The van der Waals surface area contributed by atoms with E-state index in [-0.39, 0.29) is 24.8 Å².